The molecule has 0 saturated heterocycles. The van der Waals surface area contributed by atoms with Gasteiger partial charge in [0.25, 0.3) is 0 Å². The van der Waals surface area contributed by atoms with Crippen LogP contribution in [0.5, 0.6) is 0 Å². The average molecular weight is 382 g/mol. The first kappa shape index (κ1) is 16.9. The van der Waals surface area contributed by atoms with Gasteiger partial charge in [0, 0.05) is 15.3 Å². The Balaban J connectivity index is 1.40. The lowest BCUT2D eigenvalue weighted by atomic mass is 10.1. The lowest BCUT2D eigenvalue weighted by molar-refractivity contribution is -0.118. The molecule has 0 unspecified atom stereocenters. The molecule has 4 rings (SSSR count). The molecular weight excluding hydrogens is 366 g/mol. The third-order valence-electron chi connectivity index (χ3n) is 4.07. The third-order valence-corrected chi connectivity index (χ3v) is 5.44. The zero-order valence-electron chi connectivity index (χ0n) is 13.8. The highest BCUT2D eigenvalue weighted by Crippen LogP contribution is 2.33. The molecule has 0 aliphatic rings. The van der Waals surface area contributed by atoms with Gasteiger partial charge in [-0.2, -0.15) is 0 Å². The zero-order valence-corrected chi connectivity index (χ0v) is 15.4. The third kappa shape index (κ3) is 3.54. The van der Waals surface area contributed by atoms with Gasteiger partial charge in [0.2, 0.25) is 5.91 Å². The summed E-state index contributed by atoms with van der Waals surface area (Å²) in [5.41, 5.74) is 1.87. The summed E-state index contributed by atoms with van der Waals surface area (Å²) in [5, 5.41) is 5.68. The van der Waals surface area contributed by atoms with Crippen molar-refractivity contribution in [2.24, 2.45) is 0 Å². The first-order valence-corrected chi connectivity index (χ1v) is 9.57. The fourth-order valence-corrected chi connectivity index (χ4v) is 4.12. The number of hydrogen-bond acceptors (Lipinski definition) is 3. The van der Waals surface area contributed by atoms with Crippen LogP contribution in [0.4, 0.5) is 0 Å². The Bertz CT molecular complexity index is 1050. The van der Waals surface area contributed by atoms with Crippen LogP contribution >= 0.6 is 23.4 Å². The number of aromatic nitrogens is 2. The minimum Gasteiger partial charge on any atom is -0.348 e. The lowest BCUT2D eigenvalue weighted by Crippen LogP contribution is -2.25. The average Bonchev–Trinajstić information content (AvgIpc) is 3.08. The largest absolute Gasteiger partial charge is 0.348 e. The topological polar surface area (TPSA) is 57.8 Å². The van der Waals surface area contributed by atoms with Gasteiger partial charge in [-0.3, -0.25) is 4.79 Å². The van der Waals surface area contributed by atoms with E-state index < -0.39 is 0 Å². The van der Waals surface area contributed by atoms with Crippen molar-refractivity contribution in [3.8, 4) is 0 Å². The number of amides is 1. The highest BCUT2D eigenvalue weighted by Gasteiger charge is 2.09. The number of carbonyl (C=O) groups is 1. The Kier molecular flexibility index (Phi) is 4.82. The highest BCUT2D eigenvalue weighted by molar-refractivity contribution is 8.00. The SMILES string of the molecule is O=C(CSc1cccc2cccc(Cl)c12)NCc1nc2ccccc2[nH]1. The van der Waals surface area contributed by atoms with Crippen LogP contribution in [0.15, 0.2) is 65.6 Å². The predicted octanol–water partition coefficient (Wildman–Crippen LogP) is 4.78. The molecule has 2 N–H and O–H groups in total. The van der Waals surface area contributed by atoms with Crippen molar-refractivity contribution in [1.82, 2.24) is 15.3 Å². The smallest absolute Gasteiger partial charge is 0.230 e. The lowest BCUT2D eigenvalue weighted by Gasteiger charge is -2.08. The minimum absolute atomic E-state index is 0.0421. The number of hydrogen-bond donors (Lipinski definition) is 2. The Morgan fingerprint density at radius 1 is 1.08 bits per heavy atom. The van der Waals surface area contributed by atoms with Crippen LogP contribution in [0.25, 0.3) is 21.8 Å². The maximum absolute atomic E-state index is 12.2. The van der Waals surface area contributed by atoms with Crippen LogP contribution in [0, 0.1) is 0 Å². The van der Waals surface area contributed by atoms with Crippen LogP contribution in [0.1, 0.15) is 5.82 Å². The van der Waals surface area contributed by atoms with E-state index >= 15 is 0 Å². The highest BCUT2D eigenvalue weighted by atomic mass is 35.5. The number of aromatic amines is 1. The standard InChI is InChI=1S/C20H16ClN3OS/c21-14-7-3-5-13-6-4-10-17(20(13)14)26-12-19(25)22-11-18-23-15-8-1-2-9-16(15)24-18/h1-10H,11-12H2,(H,22,25)(H,23,24). The molecule has 0 bridgehead atoms. The number of carbonyl (C=O) groups excluding carboxylic acids is 1. The fraction of sp³-hybridized carbons (Fsp3) is 0.100. The molecule has 4 nitrogen and oxygen atoms in total. The molecule has 0 spiro atoms. The number of nitrogens with one attached hydrogen (secondary N) is 2. The number of rotatable bonds is 5. The first-order chi connectivity index (χ1) is 12.7. The first-order valence-electron chi connectivity index (χ1n) is 8.21. The summed E-state index contributed by atoms with van der Waals surface area (Å²) in [6.07, 6.45) is 0. The van der Waals surface area contributed by atoms with Crippen LogP contribution < -0.4 is 5.32 Å². The molecule has 1 aromatic heterocycles. The summed E-state index contributed by atoms with van der Waals surface area (Å²) in [5.74, 6) is 1.03. The van der Waals surface area contributed by atoms with E-state index in [-0.39, 0.29) is 5.91 Å². The molecule has 1 heterocycles. The number of benzene rings is 3. The molecule has 0 atom stereocenters. The van der Waals surface area contributed by atoms with Crippen LogP contribution in [-0.2, 0) is 11.3 Å². The predicted molar refractivity (Wildman–Crippen MR) is 108 cm³/mol. The van der Waals surface area contributed by atoms with Crippen LogP contribution in [0.3, 0.4) is 0 Å². The van der Waals surface area contributed by atoms with Gasteiger partial charge in [0.15, 0.2) is 0 Å². The van der Waals surface area contributed by atoms with Crippen molar-refractivity contribution >= 4 is 51.1 Å². The molecule has 0 saturated carbocycles. The molecule has 0 fully saturated rings. The van der Waals surface area contributed by atoms with E-state index in [1.54, 1.807) is 0 Å². The van der Waals surface area contributed by atoms with E-state index in [1.807, 2.05) is 60.7 Å². The van der Waals surface area contributed by atoms with Crippen molar-refractivity contribution in [2.75, 3.05) is 5.75 Å². The Hall–Kier alpha value is -2.50. The van der Waals surface area contributed by atoms with Crippen molar-refractivity contribution in [3.05, 3.63) is 71.5 Å². The number of para-hydroxylation sites is 2. The number of thioether (sulfide) groups is 1. The van der Waals surface area contributed by atoms with E-state index in [0.29, 0.717) is 17.3 Å². The van der Waals surface area contributed by atoms with Crippen molar-refractivity contribution in [2.45, 2.75) is 11.4 Å². The molecule has 0 radical (unpaired) electrons. The van der Waals surface area contributed by atoms with E-state index in [1.165, 1.54) is 11.8 Å². The summed E-state index contributed by atoms with van der Waals surface area (Å²) in [6, 6.07) is 19.6. The Morgan fingerprint density at radius 2 is 1.88 bits per heavy atom. The molecule has 0 aliphatic carbocycles. The van der Waals surface area contributed by atoms with Gasteiger partial charge >= 0.3 is 0 Å². The quantitative estimate of drug-likeness (QED) is 0.489. The summed E-state index contributed by atoms with van der Waals surface area (Å²) in [7, 11) is 0. The summed E-state index contributed by atoms with van der Waals surface area (Å²) in [4.78, 5) is 20.9. The van der Waals surface area contributed by atoms with Gasteiger partial charge < -0.3 is 10.3 Å². The van der Waals surface area contributed by atoms with Gasteiger partial charge in [0.05, 0.1) is 23.3 Å². The van der Waals surface area contributed by atoms with Gasteiger partial charge in [-0.1, -0.05) is 48.0 Å². The van der Waals surface area contributed by atoms with Crippen molar-refractivity contribution in [1.29, 1.82) is 0 Å². The van der Waals surface area contributed by atoms with E-state index in [9.17, 15) is 4.79 Å². The zero-order chi connectivity index (χ0) is 17.9. The summed E-state index contributed by atoms with van der Waals surface area (Å²) < 4.78 is 0. The number of imidazole rings is 1. The van der Waals surface area contributed by atoms with Crippen LogP contribution in [-0.4, -0.2) is 21.6 Å². The summed E-state index contributed by atoms with van der Waals surface area (Å²) in [6.45, 7) is 0.379. The molecular formula is C20H16ClN3OS. The second-order valence-corrected chi connectivity index (χ2v) is 7.28. The summed E-state index contributed by atoms with van der Waals surface area (Å²) >= 11 is 7.82. The van der Waals surface area contributed by atoms with Crippen molar-refractivity contribution in [3.63, 3.8) is 0 Å². The number of halogens is 1. The maximum Gasteiger partial charge on any atom is 0.230 e. The molecule has 1 amide bonds. The van der Waals surface area contributed by atoms with E-state index in [0.717, 1.165) is 32.5 Å². The second-order valence-electron chi connectivity index (χ2n) is 5.86. The molecule has 3 aromatic carbocycles. The minimum atomic E-state index is -0.0421. The molecule has 26 heavy (non-hydrogen) atoms. The van der Waals surface area contributed by atoms with E-state index in [2.05, 4.69) is 15.3 Å². The number of H-pyrrole nitrogens is 1. The fourth-order valence-electron chi connectivity index (χ4n) is 2.85. The molecule has 0 aliphatic heterocycles. The van der Waals surface area contributed by atoms with Gasteiger partial charge in [-0.05, 0) is 29.7 Å². The number of nitrogens with zero attached hydrogens (tertiary/aromatic N) is 1. The van der Waals surface area contributed by atoms with Gasteiger partial charge in [0.1, 0.15) is 5.82 Å². The van der Waals surface area contributed by atoms with Gasteiger partial charge in [-0.15, -0.1) is 11.8 Å². The van der Waals surface area contributed by atoms with E-state index in [4.69, 9.17) is 11.6 Å². The van der Waals surface area contributed by atoms with Crippen molar-refractivity contribution < 1.29 is 4.79 Å². The molecule has 4 aromatic rings. The molecule has 130 valence electrons. The Morgan fingerprint density at radius 3 is 2.73 bits per heavy atom. The maximum atomic E-state index is 12.2. The van der Waals surface area contributed by atoms with Crippen LogP contribution in [0.2, 0.25) is 5.02 Å². The normalized spacial score (nSPS) is 11.1. The monoisotopic (exact) mass is 381 g/mol. The molecule has 6 heteroatoms. The van der Waals surface area contributed by atoms with Gasteiger partial charge in [-0.25, -0.2) is 4.98 Å². The number of fused-ring (bicyclic) bond motifs is 2. The second kappa shape index (κ2) is 7.40. The Labute approximate surface area is 160 Å².